The Labute approximate surface area is 154 Å². The van der Waals surface area contributed by atoms with Crippen LogP contribution in [0.2, 0.25) is 0 Å². The smallest absolute Gasteiger partial charge is 0.237 e. The van der Waals surface area contributed by atoms with Crippen LogP contribution in [-0.2, 0) is 4.79 Å². The second-order valence-corrected chi connectivity index (χ2v) is 7.35. The van der Waals surface area contributed by atoms with E-state index in [9.17, 15) is 4.79 Å². The maximum Gasteiger partial charge on any atom is 0.237 e. The van der Waals surface area contributed by atoms with Crippen LogP contribution in [0.3, 0.4) is 0 Å². The summed E-state index contributed by atoms with van der Waals surface area (Å²) in [4.78, 5) is 21.4. The Kier molecular flexibility index (Phi) is 4.30. The van der Waals surface area contributed by atoms with Gasteiger partial charge in [0.2, 0.25) is 11.1 Å². The van der Waals surface area contributed by atoms with E-state index < -0.39 is 0 Å². The molecule has 26 heavy (non-hydrogen) atoms. The van der Waals surface area contributed by atoms with Crippen LogP contribution in [-0.4, -0.2) is 30.7 Å². The molecule has 0 spiro atoms. The topological polar surface area (TPSA) is 72.2 Å². The van der Waals surface area contributed by atoms with E-state index in [0.29, 0.717) is 5.16 Å². The molecule has 1 unspecified atom stereocenters. The fourth-order valence-corrected chi connectivity index (χ4v) is 3.44. The van der Waals surface area contributed by atoms with Crippen LogP contribution in [0, 0.1) is 6.92 Å². The van der Waals surface area contributed by atoms with Crippen molar-refractivity contribution < 1.29 is 4.79 Å². The van der Waals surface area contributed by atoms with Crippen molar-refractivity contribution in [3.05, 3.63) is 60.4 Å². The molecule has 1 atom stereocenters. The third-order valence-corrected chi connectivity index (χ3v) is 4.95. The van der Waals surface area contributed by atoms with Gasteiger partial charge in [0.15, 0.2) is 5.65 Å². The molecule has 2 heterocycles. The molecule has 2 aromatic carbocycles. The summed E-state index contributed by atoms with van der Waals surface area (Å²) in [5, 5.41) is 8.52. The van der Waals surface area contributed by atoms with Crippen molar-refractivity contribution in [3.63, 3.8) is 0 Å². The molecule has 0 bridgehead atoms. The number of carbonyl (C=O) groups is 1. The van der Waals surface area contributed by atoms with Crippen LogP contribution in [0.1, 0.15) is 12.5 Å². The lowest BCUT2D eigenvalue weighted by molar-refractivity contribution is -0.115. The highest BCUT2D eigenvalue weighted by atomic mass is 32.2. The number of fused-ring (bicyclic) bond motifs is 3. The summed E-state index contributed by atoms with van der Waals surface area (Å²) in [5.74, 6) is -0.0811. The van der Waals surface area contributed by atoms with E-state index in [1.807, 2.05) is 62.4 Å². The first-order chi connectivity index (χ1) is 12.6. The minimum atomic E-state index is -0.327. The first kappa shape index (κ1) is 16.5. The standard InChI is InChI=1S/C19H17N5OS/c1-12-6-5-7-14(10-12)21-18(25)13(2)26-19-22-17-15-8-3-4-9-16(15)20-11-24(17)23-19/h3-11,13H,1-2H3,(H,21,25). The molecule has 0 saturated carbocycles. The largest absolute Gasteiger partial charge is 0.325 e. The molecule has 2 aromatic heterocycles. The Morgan fingerprint density at radius 2 is 2.04 bits per heavy atom. The van der Waals surface area contributed by atoms with Gasteiger partial charge in [-0.2, -0.15) is 0 Å². The summed E-state index contributed by atoms with van der Waals surface area (Å²) >= 11 is 1.33. The summed E-state index contributed by atoms with van der Waals surface area (Å²) in [6.07, 6.45) is 1.65. The van der Waals surface area contributed by atoms with Gasteiger partial charge < -0.3 is 5.32 Å². The van der Waals surface area contributed by atoms with E-state index in [0.717, 1.165) is 27.8 Å². The van der Waals surface area contributed by atoms with Crippen LogP contribution >= 0.6 is 11.8 Å². The van der Waals surface area contributed by atoms with E-state index in [1.54, 1.807) is 10.8 Å². The van der Waals surface area contributed by atoms with Crippen LogP contribution in [0.4, 0.5) is 5.69 Å². The van der Waals surface area contributed by atoms with Crippen molar-refractivity contribution in [2.45, 2.75) is 24.3 Å². The Hall–Kier alpha value is -2.93. The number of benzene rings is 2. The van der Waals surface area contributed by atoms with E-state index in [2.05, 4.69) is 20.4 Å². The summed E-state index contributed by atoms with van der Waals surface area (Å²) in [5.41, 5.74) is 3.50. The van der Waals surface area contributed by atoms with Gasteiger partial charge in [-0.15, -0.1) is 5.10 Å². The first-order valence-electron chi connectivity index (χ1n) is 8.24. The number of rotatable bonds is 4. The molecule has 0 aliphatic rings. The number of amides is 1. The van der Waals surface area contributed by atoms with Gasteiger partial charge in [-0.1, -0.05) is 36.0 Å². The van der Waals surface area contributed by atoms with Crippen molar-refractivity contribution in [3.8, 4) is 0 Å². The number of aryl methyl sites for hydroxylation is 1. The molecular weight excluding hydrogens is 346 g/mol. The molecule has 1 amide bonds. The highest BCUT2D eigenvalue weighted by Crippen LogP contribution is 2.24. The van der Waals surface area contributed by atoms with Gasteiger partial charge in [-0.25, -0.2) is 14.5 Å². The lowest BCUT2D eigenvalue weighted by Gasteiger charge is -2.10. The number of para-hydroxylation sites is 1. The maximum atomic E-state index is 12.4. The molecule has 0 radical (unpaired) electrons. The molecule has 0 saturated heterocycles. The zero-order valence-corrected chi connectivity index (χ0v) is 15.2. The van der Waals surface area contributed by atoms with E-state index in [1.165, 1.54) is 11.8 Å². The second kappa shape index (κ2) is 6.76. The Morgan fingerprint density at radius 1 is 1.19 bits per heavy atom. The fourth-order valence-electron chi connectivity index (χ4n) is 2.69. The number of anilines is 1. The van der Waals surface area contributed by atoms with Crippen molar-refractivity contribution in [1.29, 1.82) is 0 Å². The number of hydrogen-bond acceptors (Lipinski definition) is 5. The lowest BCUT2D eigenvalue weighted by atomic mass is 10.2. The molecule has 4 aromatic rings. The van der Waals surface area contributed by atoms with Crippen molar-refractivity contribution in [2.75, 3.05) is 5.32 Å². The summed E-state index contributed by atoms with van der Waals surface area (Å²) in [6.45, 7) is 3.84. The molecule has 1 N–H and O–H groups in total. The molecule has 6 nitrogen and oxygen atoms in total. The highest BCUT2D eigenvalue weighted by molar-refractivity contribution is 8.00. The van der Waals surface area contributed by atoms with Crippen molar-refractivity contribution >= 4 is 39.9 Å². The van der Waals surface area contributed by atoms with Crippen LogP contribution in [0.5, 0.6) is 0 Å². The Balaban J connectivity index is 1.54. The summed E-state index contributed by atoms with van der Waals surface area (Å²) in [7, 11) is 0. The lowest BCUT2D eigenvalue weighted by Crippen LogP contribution is -2.22. The fraction of sp³-hybridized carbons (Fsp3) is 0.158. The second-order valence-electron chi connectivity index (χ2n) is 6.04. The zero-order chi connectivity index (χ0) is 18.1. The number of carbonyl (C=O) groups excluding carboxylic acids is 1. The number of aromatic nitrogens is 4. The van der Waals surface area contributed by atoms with E-state index in [4.69, 9.17) is 0 Å². The first-order valence-corrected chi connectivity index (χ1v) is 9.12. The highest BCUT2D eigenvalue weighted by Gasteiger charge is 2.18. The number of nitrogens with zero attached hydrogens (tertiary/aromatic N) is 4. The maximum absolute atomic E-state index is 12.4. The van der Waals surface area contributed by atoms with Gasteiger partial charge in [0.25, 0.3) is 0 Å². The predicted molar refractivity (Wildman–Crippen MR) is 103 cm³/mol. The van der Waals surface area contributed by atoms with Crippen LogP contribution < -0.4 is 5.32 Å². The van der Waals surface area contributed by atoms with Gasteiger partial charge in [0.05, 0.1) is 10.8 Å². The van der Waals surface area contributed by atoms with Crippen LogP contribution in [0.25, 0.3) is 16.6 Å². The number of thioether (sulfide) groups is 1. The SMILES string of the molecule is Cc1cccc(NC(=O)C(C)Sc2nc3c4ccccc4ncn3n2)c1. The Bertz CT molecular complexity index is 1110. The van der Waals surface area contributed by atoms with Gasteiger partial charge in [0, 0.05) is 11.1 Å². The molecule has 0 aliphatic carbocycles. The third kappa shape index (κ3) is 3.25. The predicted octanol–water partition coefficient (Wildman–Crippen LogP) is 3.71. The molecule has 7 heteroatoms. The molecule has 4 rings (SSSR count). The molecular formula is C19H17N5OS. The number of nitrogens with one attached hydrogen (secondary N) is 1. The normalized spacial score (nSPS) is 12.4. The zero-order valence-electron chi connectivity index (χ0n) is 14.4. The summed E-state index contributed by atoms with van der Waals surface area (Å²) in [6, 6.07) is 15.5. The Morgan fingerprint density at radius 3 is 2.88 bits per heavy atom. The quantitative estimate of drug-likeness (QED) is 0.560. The average molecular weight is 363 g/mol. The van der Waals surface area contributed by atoms with Crippen molar-refractivity contribution in [1.82, 2.24) is 19.6 Å². The monoisotopic (exact) mass is 363 g/mol. The van der Waals surface area contributed by atoms with Crippen molar-refractivity contribution in [2.24, 2.45) is 0 Å². The van der Waals surface area contributed by atoms with Crippen LogP contribution in [0.15, 0.2) is 60.0 Å². The summed E-state index contributed by atoms with van der Waals surface area (Å²) < 4.78 is 1.65. The van der Waals surface area contributed by atoms with Gasteiger partial charge in [-0.05, 0) is 43.7 Å². The minimum absolute atomic E-state index is 0.0811. The van der Waals surface area contributed by atoms with Gasteiger partial charge >= 0.3 is 0 Å². The van der Waals surface area contributed by atoms with E-state index >= 15 is 0 Å². The molecule has 130 valence electrons. The van der Waals surface area contributed by atoms with Gasteiger partial charge in [-0.3, -0.25) is 4.79 Å². The van der Waals surface area contributed by atoms with E-state index in [-0.39, 0.29) is 11.2 Å². The minimum Gasteiger partial charge on any atom is -0.325 e. The molecule has 0 aliphatic heterocycles. The average Bonchev–Trinajstić information content (AvgIpc) is 3.04. The third-order valence-electron chi connectivity index (χ3n) is 4.00. The molecule has 0 fully saturated rings. The number of hydrogen-bond donors (Lipinski definition) is 1. The van der Waals surface area contributed by atoms with Gasteiger partial charge in [0.1, 0.15) is 6.33 Å².